The van der Waals surface area contributed by atoms with Crippen molar-refractivity contribution in [1.29, 1.82) is 0 Å². The lowest BCUT2D eigenvalue weighted by Crippen LogP contribution is -2.02. The maximum absolute atomic E-state index is 4.67. The van der Waals surface area contributed by atoms with Crippen LogP contribution in [0.1, 0.15) is 5.69 Å². The maximum Gasteiger partial charge on any atom is 0.165 e. The Bertz CT molecular complexity index is 943. The summed E-state index contributed by atoms with van der Waals surface area (Å²) in [5, 5.41) is 7.94. The standard InChI is InChI=1S/C19H16N4/c1-14-12-18(22-16-10-6-3-7-11-16)23-19(21-14)17(13-20-23)15-8-4-2-5-9-15/h2-13,22H,1H3. The zero-order valence-corrected chi connectivity index (χ0v) is 12.8. The van der Waals surface area contributed by atoms with Gasteiger partial charge in [-0.05, 0) is 24.6 Å². The van der Waals surface area contributed by atoms with Crippen LogP contribution in [0.4, 0.5) is 11.5 Å². The number of benzene rings is 2. The quantitative estimate of drug-likeness (QED) is 0.608. The first kappa shape index (κ1) is 13.5. The lowest BCUT2D eigenvalue weighted by molar-refractivity contribution is 0.938. The first-order chi connectivity index (χ1) is 11.3. The molecule has 0 aliphatic rings. The summed E-state index contributed by atoms with van der Waals surface area (Å²) >= 11 is 0. The fourth-order valence-electron chi connectivity index (χ4n) is 2.66. The number of hydrogen-bond acceptors (Lipinski definition) is 3. The van der Waals surface area contributed by atoms with Gasteiger partial charge in [-0.15, -0.1) is 0 Å². The molecule has 0 saturated heterocycles. The first-order valence-corrected chi connectivity index (χ1v) is 7.54. The van der Waals surface area contributed by atoms with Crippen molar-refractivity contribution in [2.24, 2.45) is 0 Å². The average molecular weight is 300 g/mol. The summed E-state index contributed by atoms with van der Waals surface area (Å²) in [6.07, 6.45) is 1.87. The smallest absolute Gasteiger partial charge is 0.165 e. The number of fused-ring (bicyclic) bond motifs is 1. The van der Waals surface area contributed by atoms with Crippen molar-refractivity contribution in [2.45, 2.75) is 6.92 Å². The van der Waals surface area contributed by atoms with Gasteiger partial charge in [-0.3, -0.25) is 0 Å². The molecule has 2 heterocycles. The molecule has 4 nitrogen and oxygen atoms in total. The Morgan fingerprint density at radius 2 is 1.61 bits per heavy atom. The van der Waals surface area contributed by atoms with Gasteiger partial charge in [0.15, 0.2) is 5.65 Å². The molecule has 2 aromatic carbocycles. The van der Waals surface area contributed by atoms with Crippen molar-refractivity contribution in [3.05, 3.63) is 78.6 Å². The van der Waals surface area contributed by atoms with Gasteiger partial charge >= 0.3 is 0 Å². The van der Waals surface area contributed by atoms with E-state index < -0.39 is 0 Å². The number of nitrogens with one attached hydrogen (secondary N) is 1. The van der Waals surface area contributed by atoms with Crippen LogP contribution in [0.2, 0.25) is 0 Å². The summed E-state index contributed by atoms with van der Waals surface area (Å²) in [6.45, 7) is 2.00. The Hall–Kier alpha value is -3.14. The highest BCUT2D eigenvalue weighted by Crippen LogP contribution is 2.26. The number of anilines is 2. The van der Waals surface area contributed by atoms with Crippen LogP contribution in [0.5, 0.6) is 0 Å². The van der Waals surface area contributed by atoms with Gasteiger partial charge in [0.25, 0.3) is 0 Å². The largest absolute Gasteiger partial charge is 0.340 e. The minimum absolute atomic E-state index is 0.856. The number of aryl methyl sites for hydroxylation is 1. The summed E-state index contributed by atoms with van der Waals surface area (Å²) in [5.41, 5.74) is 4.98. The molecule has 0 bridgehead atoms. The molecule has 4 rings (SSSR count). The third-order valence-electron chi connectivity index (χ3n) is 3.73. The molecule has 112 valence electrons. The maximum atomic E-state index is 4.67. The average Bonchev–Trinajstić information content (AvgIpc) is 3.00. The van der Waals surface area contributed by atoms with Crippen molar-refractivity contribution in [2.75, 3.05) is 5.32 Å². The van der Waals surface area contributed by atoms with Gasteiger partial charge in [-0.25, -0.2) is 4.98 Å². The van der Waals surface area contributed by atoms with E-state index in [-0.39, 0.29) is 0 Å². The van der Waals surface area contributed by atoms with E-state index >= 15 is 0 Å². The Balaban J connectivity index is 1.85. The minimum atomic E-state index is 0.856. The Morgan fingerprint density at radius 1 is 0.913 bits per heavy atom. The van der Waals surface area contributed by atoms with E-state index in [1.54, 1.807) is 0 Å². The van der Waals surface area contributed by atoms with E-state index in [1.165, 1.54) is 0 Å². The minimum Gasteiger partial charge on any atom is -0.340 e. The summed E-state index contributed by atoms with van der Waals surface area (Å²) in [7, 11) is 0. The van der Waals surface area contributed by atoms with Gasteiger partial charge in [0.05, 0.1) is 6.20 Å². The summed E-state index contributed by atoms with van der Waals surface area (Å²) < 4.78 is 1.85. The molecule has 2 aromatic heterocycles. The molecule has 0 fully saturated rings. The second-order valence-electron chi connectivity index (χ2n) is 5.43. The van der Waals surface area contributed by atoms with Crippen LogP contribution in [0.3, 0.4) is 0 Å². The van der Waals surface area contributed by atoms with Crippen molar-refractivity contribution in [1.82, 2.24) is 14.6 Å². The second-order valence-corrected chi connectivity index (χ2v) is 5.43. The molecule has 1 N–H and O–H groups in total. The highest BCUT2D eigenvalue weighted by atomic mass is 15.3. The van der Waals surface area contributed by atoms with Crippen LogP contribution in [0.25, 0.3) is 16.8 Å². The lowest BCUT2D eigenvalue weighted by Gasteiger charge is -2.09. The fourth-order valence-corrected chi connectivity index (χ4v) is 2.66. The van der Waals surface area contributed by atoms with Gasteiger partial charge in [0.1, 0.15) is 5.82 Å². The topological polar surface area (TPSA) is 42.2 Å². The van der Waals surface area contributed by atoms with E-state index in [2.05, 4.69) is 27.5 Å². The van der Waals surface area contributed by atoms with Gasteiger partial charge in [-0.2, -0.15) is 9.61 Å². The third-order valence-corrected chi connectivity index (χ3v) is 3.73. The van der Waals surface area contributed by atoms with Crippen molar-refractivity contribution in [3.63, 3.8) is 0 Å². The van der Waals surface area contributed by atoms with Gasteiger partial charge in [0.2, 0.25) is 0 Å². The SMILES string of the molecule is Cc1cc(Nc2ccccc2)n2ncc(-c3ccccc3)c2n1. The Labute approximate surface area is 134 Å². The highest BCUT2D eigenvalue weighted by molar-refractivity contribution is 5.78. The molecule has 0 spiro atoms. The van der Waals surface area contributed by atoms with Gasteiger partial charge in [-0.1, -0.05) is 48.5 Å². The molecular formula is C19H16N4. The number of aromatic nitrogens is 3. The zero-order chi connectivity index (χ0) is 15.6. The number of nitrogens with zero attached hydrogens (tertiary/aromatic N) is 3. The zero-order valence-electron chi connectivity index (χ0n) is 12.8. The van der Waals surface area contributed by atoms with Crippen LogP contribution >= 0.6 is 0 Å². The number of hydrogen-bond donors (Lipinski definition) is 1. The van der Waals surface area contributed by atoms with Crippen LogP contribution in [0.15, 0.2) is 72.9 Å². The van der Waals surface area contributed by atoms with Crippen molar-refractivity contribution in [3.8, 4) is 11.1 Å². The van der Waals surface area contributed by atoms with E-state index in [4.69, 9.17) is 0 Å². The van der Waals surface area contributed by atoms with E-state index in [9.17, 15) is 0 Å². The first-order valence-electron chi connectivity index (χ1n) is 7.54. The molecule has 0 atom stereocenters. The summed E-state index contributed by atoms with van der Waals surface area (Å²) in [4.78, 5) is 4.67. The van der Waals surface area contributed by atoms with Crippen molar-refractivity contribution >= 4 is 17.2 Å². The van der Waals surface area contributed by atoms with E-state index in [0.29, 0.717) is 0 Å². The summed E-state index contributed by atoms with van der Waals surface area (Å²) in [6, 6.07) is 22.3. The predicted octanol–water partition coefficient (Wildman–Crippen LogP) is 4.45. The monoisotopic (exact) mass is 300 g/mol. The Kier molecular flexibility index (Phi) is 3.27. The second kappa shape index (κ2) is 5.57. The molecule has 0 unspecified atom stereocenters. The fraction of sp³-hybridized carbons (Fsp3) is 0.0526. The highest BCUT2D eigenvalue weighted by Gasteiger charge is 2.11. The molecular weight excluding hydrogens is 284 g/mol. The number of rotatable bonds is 3. The predicted molar refractivity (Wildman–Crippen MR) is 92.9 cm³/mol. The van der Waals surface area contributed by atoms with Crippen molar-refractivity contribution < 1.29 is 0 Å². The molecule has 4 heteroatoms. The molecule has 23 heavy (non-hydrogen) atoms. The third kappa shape index (κ3) is 2.55. The molecule has 0 amide bonds. The lowest BCUT2D eigenvalue weighted by atomic mass is 10.1. The molecule has 0 aliphatic carbocycles. The molecule has 0 saturated carbocycles. The Morgan fingerprint density at radius 3 is 2.35 bits per heavy atom. The van der Waals surface area contributed by atoms with Crippen LogP contribution in [0, 0.1) is 6.92 Å². The van der Waals surface area contributed by atoms with Crippen LogP contribution in [-0.2, 0) is 0 Å². The normalized spacial score (nSPS) is 10.8. The van der Waals surface area contributed by atoms with E-state index in [1.807, 2.05) is 72.2 Å². The van der Waals surface area contributed by atoms with E-state index in [0.717, 1.165) is 34.0 Å². The summed E-state index contributed by atoms with van der Waals surface area (Å²) in [5.74, 6) is 0.904. The van der Waals surface area contributed by atoms with Gasteiger partial charge < -0.3 is 5.32 Å². The van der Waals surface area contributed by atoms with Gasteiger partial charge in [0, 0.05) is 23.0 Å². The van der Waals surface area contributed by atoms with Crippen LogP contribution < -0.4 is 5.32 Å². The molecule has 0 radical (unpaired) electrons. The molecule has 4 aromatic rings. The number of para-hydroxylation sites is 1. The molecule has 0 aliphatic heterocycles. The van der Waals surface area contributed by atoms with Crippen LogP contribution in [-0.4, -0.2) is 14.6 Å².